The van der Waals surface area contributed by atoms with Crippen molar-refractivity contribution in [1.82, 2.24) is 0 Å². The molecule has 182 valence electrons. The standard InChI is InChI=1S/C24H15Cl3N4O5/c25-16-4-7-22(36-13-23(32)29-18-5-6-20(26)21(27)11-18)14(9-16)8-15(12-28)24(33)30-17-2-1-3-19(10-17)31(34)35/h1-11H,13H2,(H,29,32)(H,30,33)/b15-8-. The van der Waals surface area contributed by atoms with Crippen LogP contribution >= 0.6 is 34.8 Å². The van der Waals surface area contributed by atoms with Crippen LogP contribution in [-0.2, 0) is 9.59 Å². The summed E-state index contributed by atoms with van der Waals surface area (Å²) in [6.07, 6.45) is 1.23. The van der Waals surface area contributed by atoms with Gasteiger partial charge in [0.2, 0.25) is 0 Å². The summed E-state index contributed by atoms with van der Waals surface area (Å²) in [6.45, 7) is -0.398. The molecule has 0 unspecified atom stereocenters. The van der Waals surface area contributed by atoms with Gasteiger partial charge in [0.1, 0.15) is 17.4 Å². The molecule has 2 amide bonds. The molecule has 36 heavy (non-hydrogen) atoms. The number of amides is 2. The van der Waals surface area contributed by atoms with E-state index < -0.39 is 23.3 Å². The number of nitro groups is 1. The van der Waals surface area contributed by atoms with Crippen LogP contribution in [-0.4, -0.2) is 23.3 Å². The molecule has 0 aromatic heterocycles. The van der Waals surface area contributed by atoms with Crippen molar-refractivity contribution >= 4 is 69.8 Å². The van der Waals surface area contributed by atoms with Gasteiger partial charge in [-0.2, -0.15) is 5.26 Å². The SMILES string of the molecule is N#C/C(=C/c1cc(Cl)ccc1OCC(=O)Nc1ccc(Cl)c(Cl)c1)C(=O)Nc1cccc([N+](=O)[O-])c1. The third-order valence-corrected chi connectivity index (χ3v) is 5.49. The summed E-state index contributed by atoms with van der Waals surface area (Å²) in [7, 11) is 0. The molecule has 0 saturated carbocycles. The van der Waals surface area contributed by atoms with Gasteiger partial charge in [-0.15, -0.1) is 0 Å². The van der Waals surface area contributed by atoms with E-state index in [0.29, 0.717) is 15.7 Å². The predicted octanol–water partition coefficient (Wildman–Crippen LogP) is 6.12. The summed E-state index contributed by atoms with van der Waals surface area (Å²) in [5, 5.41) is 26.4. The highest BCUT2D eigenvalue weighted by atomic mass is 35.5. The number of hydrogen-bond donors (Lipinski definition) is 2. The van der Waals surface area contributed by atoms with Crippen molar-refractivity contribution in [3.8, 4) is 11.8 Å². The van der Waals surface area contributed by atoms with Crippen LogP contribution in [0.4, 0.5) is 17.1 Å². The first-order chi connectivity index (χ1) is 17.2. The van der Waals surface area contributed by atoms with E-state index in [4.69, 9.17) is 39.5 Å². The van der Waals surface area contributed by atoms with Gasteiger partial charge in [0.25, 0.3) is 17.5 Å². The number of non-ortho nitro benzene ring substituents is 1. The highest BCUT2D eigenvalue weighted by Crippen LogP contribution is 2.27. The zero-order valence-corrected chi connectivity index (χ0v) is 20.4. The average Bonchev–Trinajstić information content (AvgIpc) is 2.84. The molecule has 3 aromatic rings. The zero-order chi connectivity index (χ0) is 26.2. The molecule has 0 atom stereocenters. The fourth-order valence-corrected chi connectivity index (χ4v) is 3.36. The Labute approximate surface area is 220 Å². The number of carbonyl (C=O) groups excluding carboxylic acids is 2. The van der Waals surface area contributed by atoms with Crippen molar-refractivity contribution in [2.45, 2.75) is 0 Å². The minimum Gasteiger partial charge on any atom is -0.483 e. The summed E-state index contributed by atoms with van der Waals surface area (Å²) in [5.41, 5.74) is 0.264. The molecule has 0 heterocycles. The molecule has 0 aliphatic heterocycles. The van der Waals surface area contributed by atoms with Crippen LogP contribution in [0.25, 0.3) is 6.08 Å². The van der Waals surface area contributed by atoms with Gasteiger partial charge in [-0.3, -0.25) is 19.7 Å². The molecule has 3 rings (SSSR count). The number of nitrogens with one attached hydrogen (secondary N) is 2. The van der Waals surface area contributed by atoms with Gasteiger partial charge in [-0.25, -0.2) is 0 Å². The quantitative estimate of drug-likeness (QED) is 0.152. The Bertz CT molecular complexity index is 1420. The maximum atomic E-state index is 12.6. The van der Waals surface area contributed by atoms with Gasteiger partial charge in [0.15, 0.2) is 6.61 Å². The normalized spacial score (nSPS) is 10.8. The lowest BCUT2D eigenvalue weighted by molar-refractivity contribution is -0.384. The van der Waals surface area contributed by atoms with Crippen molar-refractivity contribution in [3.05, 3.63) is 97.0 Å². The molecule has 0 aliphatic carbocycles. The highest BCUT2D eigenvalue weighted by Gasteiger charge is 2.15. The fraction of sp³-hybridized carbons (Fsp3) is 0.0417. The molecule has 0 aliphatic rings. The smallest absolute Gasteiger partial charge is 0.271 e. The molecule has 0 bridgehead atoms. The Balaban J connectivity index is 1.75. The number of nitro benzene ring substituents is 1. The predicted molar refractivity (Wildman–Crippen MR) is 137 cm³/mol. The first-order valence-electron chi connectivity index (χ1n) is 10.0. The van der Waals surface area contributed by atoms with Crippen LogP contribution < -0.4 is 15.4 Å². The summed E-state index contributed by atoms with van der Waals surface area (Å²) >= 11 is 17.9. The van der Waals surface area contributed by atoms with Crippen molar-refractivity contribution in [2.24, 2.45) is 0 Å². The fourth-order valence-electron chi connectivity index (χ4n) is 2.88. The second-order valence-electron chi connectivity index (χ2n) is 7.08. The monoisotopic (exact) mass is 544 g/mol. The number of benzene rings is 3. The molecule has 0 fully saturated rings. The maximum absolute atomic E-state index is 12.6. The Morgan fingerprint density at radius 1 is 1.00 bits per heavy atom. The molecule has 12 heteroatoms. The lowest BCUT2D eigenvalue weighted by Crippen LogP contribution is -2.20. The molecular weight excluding hydrogens is 531 g/mol. The van der Waals surface area contributed by atoms with Gasteiger partial charge >= 0.3 is 0 Å². The van der Waals surface area contributed by atoms with Crippen LogP contribution in [0.5, 0.6) is 5.75 Å². The van der Waals surface area contributed by atoms with E-state index in [1.165, 1.54) is 54.6 Å². The lowest BCUT2D eigenvalue weighted by atomic mass is 10.1. The van der Waals surface area contributed by atoms with Crippen LogP contribution in [0.1, 0.15) is 5.56 Å². The third-order valence-electron chi connectivity index (χ3n) is 4.51. The second-order valence-corrected chi connectivity index (χ2v) is 8.33. The van der Waals surface area contributed by atoms with Crippen molar-refractivity contribution in [1.29, 1.82) is 5.26 Å². The number of hydrogen-bond acceptors (Lipinski definition) is 6. The third kappa shape index (κ3) is 7.20. The Morgan fingerprint density at radius 3 is 2.44 bits per heavy atom. The minimum absolute atomic E-state index is 0.136. The Kier molecular flexibility index (Phi) is 8.86. The molecular formula is C24H15Cl3N4O5. The number of anilines is 2. The topological polar surface area (TPSA) is 134 Å². The summed E-state index contributed by atoms with van der Waals surface area (Å²) in [4.78, 5) is 35.3. The minimum atomic E-state index is -0.804. The van der Waals surface area contributed by atoms with Crippen molar-refractivity contribution in [3.63, 3.8) is 0 Å². The van der Waals surface area contributed by atoms with E-state index >= 15 is 0 Å². The van der Waals surface area contributed by atoms with E-state index in [9.17, 15) is 25.0 Å². The van der Waals surface area contributed by atoms with Crippen LogP contribution in [0.3, 0.4) is 0 Å². The van der Waals surface area contributed by atoms with E-state index in [0.717, 1.165) is 6.07 Å². The van der Waals surface area contributed by atoms with E-state index in [2.05, 4.69) is 10.6 Å². The average molecular weight is 546 g/mol. The molecule has 2 N–H and O–H groups in total. The molecule has 0 spiro atoms. The van der Waals surface area contributed by atoms with Gasteiger partial charge in [0.05, 0.1) is 15.0 Å². The van der Waals surface area contributed by atoms with Gasteiger partial charge in [-0.1, -0.05) is 40.9 Å². The van der Waals surface area contributed by atoms with Gasteiger partial charge in [-0.05, 0) is 48.5 Å². The van der Waals surface area contributed by atoms with Crippen molar-refractivity contribution < 1.29 is 19.2 Å². The summed E-state index contributed by atoms with van der Waals surface area (Å²) < 4.78 is 5.58. The van der Waals surface area contributed by atoms with Crippen LogP contribution in [0, 0.1) is 21.4 Å². The maximum Gasteiger partial charge on any atom is 0.271 e. The Hall–Kier alpha value is -4.10. The molecule has 9 nitrogen and oxygen atoms in total. The van der Waals surface area contributed by atoms with Gasteiger partial charge < -0.3 is 15.4 Å². The van der Waals surface area contributed by atoms with E-state index in [1.807, 2.05) is 0 Å². The zero-order valence-electron chi connectivity index (χ0n) is 18.1. The van der Waals surface area contributed by atoms with Crippen LogP contribution in [0.2, 0.25) is 15.1 Å². The van der Waals surface area contributed by atoms with E-state index in [1.54, 1.807) is 12.1 Å². The number of halogens is 3. The number of carbonyl (C=O) groups is 2. The lowest BCUT2D eigenvalue weighted by Gasteiger charge is -2.11. The second kappa shape index (κ2) is 12.0. The largest absolute Gasteiger partial charge is 0.483 e. The first-order valence-corrected chi connectivity index (χ1v) is 11.1. The van der Waals surface area contributed by atoms with Gasteiger partial charge in [0, 0.05) is 34.1 Å². The van der Waals surface area contributed by atoms with E-state index in [-0.39, 0.29) is 33.3 Å². The summed E-state index contributed by atoms with van der Waals surface area (Å²) in [6, 6.07) is 16.1. The highest BCUT2D eigenvalue weighted by molar-refractivity contribution is 6.42. The van der Waals surface area contributed by atoms with Crippen molar-refractivity contribution in [2.75, 3.05) is 17.2 Å². The van der Waals surface area contributed by atoms with Crippen LogP contribution in [0.15, 0.2) is 66.2 Å². The molecule has 0 saturated heterocycles. The number of nitriles is 1. The molecule has 3 aromatic carbocycles. The molecule has 0 radical (unpaired) electrons. The number of nitrogens with zero attached hydrogens (tertiary/aromatic N) is 2. The summed E-state index contributed by atoms with van der Waals surface area (Å²) in [5.74, 6) is -1.12. The number of ether oxygens (including phenoxy) is 1. The Morgan fingerprint density at radius 2 is 1.75 bits per heavy atom. The first kappa shape index (κ1) is 26.5. The number of rotatable bonds is 8.